The number of piperidine rings is 1. The Kier molecular flexibility index (Phi) is 7.58. The van der Waals surface area contributed by atoms with Crippen LogP contribution in [0, 0.1) is 11.6 Å². The lowest BCUT2D eigenvalue weighted by Gasteiger charge is -2.33. The number of carbonyl (C=O) groups is 1. The molecule has 1 N–H and O–H groups in total. The van der Waals surface area contributed by atoms with Crippen molar-refractivity contribution < 1.29 is 13.6 Å². The highest BCUT2D eigenvalue weighted by Crippen LogP contribution is 2.41. The average molecular weight is 607 g/mol. The van der Waals surface area contributed by atoms with Gasteiger partial charge in [-0.15, -0.1) is 0 Å². The van der Waals surface area contributed by atoms with Crippen LogP contribution in [0.5, 0.6) is 0 Å². The number of carbonyl (C=O) groups excluding carboxylic acids is 1. The fraction of sp³-hybridized carbons (Fsp3) is 0.257. The largest absolute Gasteiger partial charge is 0.326 e. The minimum atomic E-state index is -1.51. The van der Waals surface area contributed by atoms with Crippen molar-refractivity contribution in [3.05, 3.63) is 136 Å². The highest BCUT2D eigenvalue weighted by atomic mass is 19.1. The monoisotopic (exact) mass is 606 g/mol. The molecule has 228 valence electrons. The smallest absolute Gasteiger partial charge is 0.306 e. The Bertz CT molecular complexity index is 1860. The topological polar surface area (TPSA) is 86.6 Å². The molecule has 1 amide bonds. The number of nitrogens with one attached hydrogen (secondary N) is 1. The van der Waals surface area contributed by atoms with E-state index in [-0.39, 0.29) is 17.6 Å². The van der Waals surface area contributed by atoms with E-state index in [2.05, 4.69) is 14.9 Å². The third kappa shape index (κ3) is 5.25. The third-order valence-electron chi connectivity index (χ3n) is 8.90. The van der Waals surface area contributed by atoms with Crippen molar-refractivity contribution in [3.8, 4) is 0 Å². The van der Waals surface area contributed by atoms with Gasteiger partial charge in [-0.2, -0.15) is 0 Å². The van der Waals surface area contributed by atoms with Gasteiger partial charge in [-0.1, -0.05) is 42.5 Å². The molecule has 45 heavy (non-hydrogen) atoms. The van der Waals surface area contributed by atoms with E-state index in [0.717, 1.165) is 43.5 Å². The Morgan fingerprint density at radius 2 is 1.44 bits per heavy atom. The predicted octanol–water partition coefficient (Wildman–Crippen LogP) is 5.26. The molecule has 10 heteroatoms. The van der Waals surface area contributed by atoms with Crippen LogP contribution in [-0.4, -0.2) is 62.3 Å². The van der Waals surface area contributed by atoms with Gasteiger partial charge in [0.2, 0.25) is 0 Å². The lowest BCUT2D eigenvalue weighted by atomic mass is 9.82. The number of pyridine rings is 1. The molecular weight excluding hydrogens is 574 g/mol. The minimum absolute atomic E-state index is 0.0747. The Balaban J connectivity index is 1.12. The standard InChI is InChI=1S/C35H32F2N6O2/c36-26-13-9-24(10-14-26)35(25-11-15-27(37)16-12-25)33(44)42(32(40-35)30-7-3-4-19-38-30)21-5-20-41-22-17-28(18-23-41)43-31-8-2-1-6-29(31)39-34(43)45/h1-4,6-16,19,28H,5,17-18,20-23H2,(H,39,45). The number of benzene rings is 3. The molecule has 0 radical (unpaired) electrons. The molecule has 0 unspecified atom stereocenters. The summed E-state index contributed by atoms with van der Waals surface area (Å²) in [6.07, 6.45) is 4.03. The summed E-state index contributed by atoms with van der Waals surface area (Å²) in [5.41, 5.74) is 1.72. The zero-order chi connectivity index (χ0) is 31.0. The van der Waals surface area contributed by atoms with E-state index in [1.54, 1.807) is 41.4 Å². The first-order chi connectivity index (χ1) is 21.9. The van der Waals surface area contributed by atoms with Gasteiger partial charge in [0.15, 0.2) is 11.4 Å². The maximum atomic E-state index is 14.5. The van der Waals surface area contributed by atoms with Crippen LogP contribution in [0.1, 0.15) is 42.1 Å². The zero-order valence-electron chi connectivity index (χ0n) is 24.6. The fourth-order valence-corrected chi connectivity index (χ4v) is 6.67. The number of likely N-dealkylation sites (tertiary alicyclic amines) is 1. The molecule has 0 aliphatic carbocycles. The maximum Gasteiger partial charge on any atom is 0.326 e. The van der Waals surface area contributed by atoms with Gasteiger partial charge in [-0.25, -0.2) is 18.6 Å². The second-order valence-electron chi connectivity index (χ2n) is 11.6. The number of halogens is 2. The van der Waals surface area contributed by atoms with E-state index in [1.807, 2.05) is 41.0 Å². The van der Waals surface area contributed by atoms with Crippen LogP contribution in [0.3, 0.4) is 0 Å². The number of imidazole rings is 1. The summed E-state index contributed by atoms with van der Waals surface area (Å²) in [5, 5.41) is 0. The molecule has 3 aromatic carbocycles. The van der Waals surface area contributed by atoms with E-state index < -0.39 is 17.2 Å². The number of amidine groups is 1. The molecule has 0 saturated carbocycles. The van der Waals surface area contributed by atoms with Crippen LogP contribution in [0.25, 0.3) is 11.0 Å². The van der Waals surface area contributed by atoms with Crippen molar-refractivity contribution in [1.82, 2.24) is 24.3 Å². The summed E-state index contributed by atoms with van der Waals surface area (Å²) in [5.74, 6) is -0.726. The number of nitrogens with zero attached hydrogens (tertiary/aromatic N) is 5. The summed E-state index contributed by atoms with van der Waals surface area (Å²) in [6, 6.07) is 24.8. The van der Waals surface area contributed by atoms with Crippen LogP contribution < -0.4 is 5.69 Å². The summed E-state index contributed by atoms with van der Waals surface area (Å²) in [7, 11) is 0. The van der Waals surface area contributed by atoms with Crippen molar-refractivity contribution in [2.75, 3.05) is 26.2 Å². The van der Waals surface area contributed by atoms with Gasteiger partial charge >= 0.3 is 5.69 Å². The number of fused-ring (bicyclic) bond motifs is 1. The highest BCUT2D eigenvalue weighted by molar-refractivity contribution is 6.16. The van der Waals surface area contributed by atoms with Gasteiger partial charge in [0, 0.05) is 31.9 Å². The van der Waals surface area contributed by atoms with Crippen molar-refractivity contribution in [2.24, 2.45) is 4.99 Å². The number of amides is 1. The number of aromatic amines is 1. The van der Waals surface area contributed by atoms with Crippen molar-refractivity contribution in [3.63, 3.8) is 0 Å². The van der Waals surface area contributed by atoms with Crippen molar-refractivity contribution in [2.45, 2.75) is 30.8 Å². The van der Waals surface area contributed by atoms with E-state index in [1.165, 1.54) is 24.3 Å². The normalized spacial score (nSPS) is 17.2. The van der Waals surface area contributed by atoms with E-state index in [4.69, 9.17) is 4.99 Å². The fourth-order valence-electron chi connectivity index (χ4n) is 6.67. The van der Waals surface area contributed by atoms with Gasteiger partial charge in [0.25, 0.3) is 5.91 Å². The second-order valence-corrected chi connectivity index (χ2v) is 11.6. The van der Waals surface area contributed by atoms with Crippen LogP contribution >= 0.6 is 0 Å². The molecular formula is C35H32F2N6O2. The first kappa shape index (κ1) is 28.8. The summed E-state index contributed by atoms with van der Waals surface area (Å²) in [4.78, 5) is 43.7. The lowest BCUT2D eigenvalue weighted by Crippen LogP contribution is -2.43. The van der Waals surface area contributed by atoms with Gasteiger partial charge in [-0.05, 0) is 85.5 Å². The van der Waals surface area contributed by atoms with Gasteiger partial charge in [0.05, 0.1) is 11.0 Å². The van der Waals surface area contributed by atoms with Crippen molar-refractivity contribution in [1.29, 1.82) is 0 Å². The molecule has 0 atom stereocenters. The molecule has 7 rings (SSSR count). The molecule has 0 bridgehead atoms. The average Bonchev–Trinajstić information content (AvgIpc) is 3.56. The molecule has 2 aromatic heterocycles. The van der Waals surface area contributed by atoms with Crippen molar-refractivity contribution >= 4 is 22.8 Å². The molecule has 4 heterocycles. The number of aromatic nitrogens is 3. The van der Waals surface area contributed by atoms with E-state index in [9.17, 15) is 18.4 Å². The first-order valence-electron chi connectivity index (χ1n) is 15.2. The number of hydrogen-bond donors (Lipinski definition) is 1. The number of rotatable bonds is 8. The number of aliphatic imine (C=N–C) groups is 1. The molecule has 2 aliphatic heterocycles. The van der Waals surface area contributed by atoms with E-state index >= 15 is 0 Å². The number of H-pyrrole nitrogens is 1. The van der Waals surface area contributed by atoms with Crippen LogP contribution in [0.2, 0.25) is 0 Å². The molecule has 0 spiro atoms. The second kappa shape index (κ2) is 11.9. The highest BCUT2D eigenvalue weighted by Gasteiger charge is 2.51. The Labute approximate surface area is 258 Å². The summed E-state index contributed by atoms with van der Waals surface area (Å²) >= 11 is 0. The number of hydrogen-bond acceptors (Lipinski definition) is 5. The molecule has 8 nitrogen and oxygen atoms in total. The quantitative estimate of drug-likeness (QED) is 0.261. The zero-order valence-corrected chi connectivity index (χ0v) is 24.6. The Morgan fingerprint density at radius 1 is 0.800 bits per heavy atom. The molecule has 1 fully saturated rings. The van der Waals surface area contributed by atoms with Crippen LogP contribution in [-0.2, 0) is 10.3 Å². The van der Waals surface area contributed by atoms with Gasteiger partial charge in [0.1, 0.15) is 17.3 Å². The van der Waals surface area contributed by atoms with Crippen LogP contribution in [0.4, 0.5) is 8.78 Å². The van der Waals surface area contributed by atoms with Gasteiger partial charge in [-0.3, -0.25) is 19.2 Å². The number of para-hydroxylation sites is 2. The molecule has 2 aliphatic rings. The Morgan fingerprint density at radius 3 is 2.09 bits per heavy atom. The molecule has 1 saturated heterocycles. The van der Waals surface area contributed by atoms with Gasteiger partial charge < -0.3 is 9.88 Å². The predicted molar refractivity (Wildman–Crippen MR) is 168 cm³/mol. The van der Waals surface area contributed by atoms with Crippen LogP contribution in [0.15, 0.2) is 107 Å². The third-order valence-corrected chi connectivity index (χ3v) is 8.90. The lowest BCUT2D eigenvalue weighted by molar-refractivity contribution is -0.130. The SMILES string of the molecule is O=C1N(CCCN2CCC(n3c(=O)[nH]c4ccccc43)CC2)C(c2ccccn2)=NC1(c1ccc(F)cc1)c1ccc(F)cc1. The summed E-state index contributed by atoms with van der Waals surface area (Å²) < 4.78 is 29.9. The minimum Gasteiger partial charge on any atom is -0.306 e. The summed E-state index contributed by atoms with van der Waals surface area (Å²) in [6.45, 7) is 2.82. The first-order valence-corrected chi connectivity index (χ1v) is 15.2. The van der Waals surface area contributed by atoms with E-state index in [0.29, 0.717) is 35.6 Å². The molecule has 5 aromatic rings. The maximum absolute atomic E-state index is 14.5. The Hall–Kier alpha value is -4.96.